The van der Waals surface area contributed by atoms with E-state index in [1.807, 2.05) is 29.6 Å². The Morgan fingerprint density at radius 2 is 2.18 bits per heavy atom. The van der Waals surface area contributed by atoms with Gasteiger partial charge in [0.25, 0.3) is 0 Å². The van der Waals surface area contributed by atoms with Gasteiger partial charge in [-0.05, 0) is 24.1 Å². The normalized spacial score (nSPS) is 26.8. The van der Waals surface area contributed by atoms with Crippen LogP contribution in [0.25, 0.3) is 0 Å². The van der Waals surface area contributed by atoms with Crippen molar-refractivity contribution in [1.82, 2.24) is 0 Å². The first-order valence-electron chi connectivity index (χ1n) is 5.90. The Balaban J connectivity index is 1.98. The van der Waals surface area contributed by atoms with E-state index in [4.69, 9.17) is 5.73 Å². The van der Waals surface area contributed by atoms with Gasteiger partial charge >= 0.3 is 0 Å². The zero-order valence-corrected chi connectivity index (χ0v) is 11.6. The molecule has 1 aromatic rings. The second-order valence-electron chi connectivity index (χ2n) is 4.41. The molecule has 0 radical (unpaired) electrons. The van der Waals surface area contributed by atoms with Crippen molar-refractivity contribution in [3.05, 3.63) is 35.6 Å². The number of nitrogens with two attached hydrogens (primary N) is 1. The summed E-state index contributed by atoms with van der Waals surface area (Å²) in [5.74, 6) is 2.22. The van der Waals surface area contributed by atoms with Crippen LogP contribution >= 0.6 is 23.5 Å². The molecule has 1 saturated heterocycles. The van der Waals surface area contributed by atoms with Crippen molar-refractivity contribution in [1.29, 1.82) is 0 Å². The maximum atomic E-state index is 13.1. The highest BCUT2D eigenvalue weighted by Crippen LogP contribution is 2.33. The van der Waals surface area contributed by atoms with Gasteiger partial charge in [-0.2, -0.15) is 23.5 Å². The SMILES string of the molecule is CC1SCCSC1C(N)Cc1cccc(F)c1. The highest BCUT2D eigenvalue weighted by molar-refractivity contribution is 8.07. The molecule has 0 amide bonds. The molecule has 1 aliphatic rings. The molecule has 0 bridgehead atoms. The smallest absolute Gasteiger partial charge is 0.123 e. The van der Waals surface area contributed by atoms with Crippen LogP contribution in [-0.4, -0.2) is 28.0 Å². The van der Waals surface area contributed by atoms with Gasteiger partial charge in [0.2, 0.25) is 0 Å². The van der Waals surface area contributed by atoms with E-state index < -0.39 is 0 Å². The van der Waals surface area contributed by atoms with Crippen LogP contribution in [0.1, 0.15) is 12.5 Å². The van der Waals surface area contributed by atoms with Crippen molar-refractivity contribution in [2.24, 2.45) is 5.73 Å². The van der Waals surface area contributed by atoms with E-state index in [0.717, 1.165) is 12.0 Å². The third-order valence-corrected chi connectivity index (χ3v) is 6.29. The molecule has 1 aromatic carbocycles. The van der Waals surface area contributed by atoms with Crippen molar-refractivity contribution < 1.29 is 4.39 Å². The molecule has 0 aliphatic carbocycles. The van der Waals surface area contributed by atoms with Gasteiger partial charge in [0, 0.05) is 28.0 Å². The first-order valence-corrected chi connectivity index (χ1v) is 8.00. The van der Waals surface area contributed by atoms with Gasteiger partial charge in [0.05, 0.1) is 0 Å². The summed E-state index contributed by atoms with van der Waals surface area (Å²) in [7, 11) is 0. The predicted octanol–water partition coefficient (Wildman–Crippen LogP) is 2.93. The molecule has 1 heterocycles. The van der Waals surface area contributed by atoms with Crippen LogP contribution in [0.5, 0.6) is 0 Å². The largest absolute Gasteiger partial charge is 0.326 e. The number of hydrogen-bond acceptors (Lipinski definition) is 3. The first kappa shape index (κ1) is 13.2. The Hall–Kier alpha value is -0.190. The van der Waals surface area contributed by atoms with Crippen molar-refractivity contribution in [3.8, 4) is 0 Å². The summed E-state index contributed by atoms with van der Waals surface area (Å²) in [6, 6.07) is 6.89. The topological polar surface area (TPSA) is 26.0 Å². The lowest BCUT2D eigenvalue weighted by atomic mass is 10.0. The van der Waals surface area contributed by atoms with Crippen molar-refractivity contribution >= 4 is 23.5 Å². The number of thioether (sulfide) groups is 2. The van der Waals surface area contributed by atoms with E-state index in [1.54, 1.807) is 12.1 Å². The van der Waals surface area contributed by atoms with Gasteiger partial charge in [-0.1, -0.05) is 19.1 Å². The summed E-state index contributed by atoms with van der Waals surface area (Å²) in [6.07, 6.45) is 0.764. The van der Waals surface area contributed by atoms with E-state index in [0.29, 0.717) is 10.5 Å². The summed E-state index contributed by atoms with van der Waals surface area (Å²) >= 11 is 3.96. The molecule has 4 heteroatoms. The van der Waals surface area contributed by atoms with Gasteiger partial charge in [0.15, 0.2) is 0 Å². The van der Waals surface area contributed by atoms with Crippen LogP contribution in [-0.2, 0) is 6.42 Å². The average molecular weight is 271 g/mol. The van der Waals surface area contributed by atoms with Crippen LogP contribution in [0.15, 0.2) is 24.3 Å². The maximum absolute atomic E-state index is 13.1. The summed E-state index contributed by atoms with van der Waals surface area (Å²) in [6.45, 7) is 2.24. The molecule has 1 fully saturated rings. The Morgan fingerprint density at radius 3 is 2.88 bits per heavy atom. The first-order chi connectivity index (χ1) is 8.16. The molecule has 2 N–H and O–H groups in total. The lowest BCUT2D eigenvalue weighted by Gasteiger charge is -2.32. The Bertz CT molecular complexity index is 372. The van der Waals surface area contributed by atoms with E-state index in [2.05, 4.69) is 6.92 Å². The molecule has 94 valence electrons. The van der Waals surface area contributed by atoms with Gasteiger partial charge in [-0.3, -0.25) is 0 Å². The van der Waals surface area contributed by atoms with Gasteiger partial charge in [0.1, 0.15) is 5.82 Å². The van der Waals surface area contributed by atoms with E-state index >= 15 is 0 Å². The molecule has 0 saturated carbocycles. The van der Waals surface area contributed by atoms with Gasteiger partial charge in [-0.25, -0.2) is 4.39 Å². The quantitative estimate of drug-likeness (QED) is 0.915. The van der Waals surface area contributed by atoms with Crippen molar-refractivity contribution in [3.63, 3.8) is 0 Å². The molecule has 2 rings (SSSR count). The van der Waals surface area contributed by atoms with E-state index in [1.165, 1.54) is 17.6 Å². The lowest BCUT2D eigenvalue weighted by molar-refractivity contribution is 0.606. The molecule has 0 aromatic heterocycles. The van der Waals surface area contributed by atoms with Gasteiger partial charge in [-0.15, -0.1) is 0 Å². The molecule has 3 atom stereocenters. The van der Waals surface area contributed by atoms with Crippen LogP contribution in [0.3, 0.4) is 0 Å². The van der Waals surface area contributed by atoms with Crippen LogP contribution < -0.4 is 5.73 Å². The highest BCUT2D eigenvalue weighted by atomic mass is 32.2. The number of rotatable bonds is 3. The summed E-state index contributed by atoms with van der Waals surface area (Å²) in [5.41, 5.74) is 7.27. The van der Waals surface area contributed by atoms with Crippen LogP contribution in [0.2, 0.25) is 0 Å². The zero-order chi connectivity index (χ0) is 12.3. The maximum Gasteiger partial charge on any atom is 0.123 e. The van der Waals surface area contributed by atoms with E-state index in [-0.39, 0.29) is 11.9 Å². The fourth-order valence-electron chi connectivity index (χ4n) is 2.17. The molecule has 17 heavy (non-hydrogen) atoms. The van der Waals surface area contributed by atoms with Gasteiger partial charge < -0.3 is 5.73 Å². The minimum absolute atomic E-state index is 0.115. The van der Waals surface area contributed by atoms with Crippen LogP contribution in [0.4, 0.5) is 4.39 Å². The predicted molar refractivity (Wildman–Crippen MR) is 76.2 cm³/mol. The monoisotopic (exact) mass is 271 g/mol. The summed E-state index contributed by atoms with van der Waals surface area (Å²) in [4.78, 5) is 0. The third-order valence-electron chi connectivity index (χ3n) is 3.02. The minimum atomic E-state index is -0.173. The van der Waals surface area contributed by atoms with Crippen molar-refractivity contribution in [2.45, 2.75) is 29.9 Å². The molecule has 1 aliphatic heterocycles. The summed E-state index contributed by atoms with van der Waals surface area (Å²) < 4.78 is 13.1. The number of halogens is 1. The number of hydrogen-bond donors (Lipinski definition) is 1. The van der Waals surface area contributed by atoms with Crippen LogP contribution in [0, 0.1) is 5.82 Å². The fraction of sp³-hybridized carbons (Fsp3) is 0.538. The second kappa shape index (κ2) is 6.12. The minimum Gasteiger partial charge on any atom is -0.326 e. The molecule has 3 unspecified atom stereocenters. The van der Waals surface area contributed by atoms with Crippen molar-refractivity contribution in [2.75, 3.05) is 11.5 Å². The Morgan fingerprint density at radius 1 is 1.41 bits per heavy atom. The second-order valence-corrected chi connectivity index (χ2v) is 7.18. The zero-order valence-electron chi connectivity index (χ0n) is 9.93. The Labute approximate surface area is 111 Å². The Kier molecular flexibility index (Phi) is 4.77. The summed E-state index contributed by atoms with van der Waals surface area (Å²) in [5, 5.41) is 1.08. The fourth-order valence-corrected chi connectivity index (χ4v) is 5.06. The average Bonchev–Trinajstić information content (AvgIpc) is 2.29. The molecular formula is C13H18FNS2. The number of benzene rings is 1. The molecule has 1 nitrogen and oxygen atoms in total. The van der Waals surface area contributed by atoms with E-state index in [9.17, 15) is 4.39 Å². The third kappa shape index (κ3) is 3.63. The standard InChI is InChI=1S/C13H18FNS2/c1-9-13(17-6-5-16-9)12(15)8-10-3-2-4-11(14)7-10/h2-4,7,9,12-13H,5-6,8,15H2,1H3. The lowest BCUT2D eigenvalue weighted by Crippen LogP contribution is -2.42. The highest BCUT2D eigenvalue weighted by Gasteiger charge is 2.28. The molecule has 0 spiro atoms. The molecular weight excluding hydrogens is 253 g/mol.